The summed E-state index contributed by atoms with van der Waals surface area (Å²) in [6.07, 6.45) is 5.02. The van der Waals surface area contributed by atoms with E-state index in [0.717, 1.165) is 17.9 Å². The Hall–Kier alpha value is -2.22. The molecular formula is C19H24N4O3S. The minimum Gasteiger partial charge on any atom is -0.497 e. The van der Waals surface area contributed by atoms with Crippen LogP contribution in [0.1, 0.15) is 25.7 Å². The maximum atomic E-state index is 12.3. The number of aromatic amines is 1. The van der Waals surface area contributed by atoms with Gasteiger partial charge < -0.3 is 14.8 Å². The first-order chi connectivity index (χ1) is 13.1. The number of nitrogens with zero attached hydrogens (tertiary/aromatic N) is 2. The molecule has 0 spiro atoms. The summed E-state index contributed by atoms with van der Waals surface area (Å²) in [5.74, 6) is 3.87. The number of fused-ring (bicyclic) bond motifs is 2. The van der Waals surface area contributed by atoms with Crippen molar-refractivity contribution < 1.29 is 14.3 Å². The number of H-pyrrole nitrogens is 1. The van der Waals surface area contributed by atoms with E-state index in [1.165, 1.54) is 31.0 Å². The molecule has 27 heavy (non-hydrogen) atoms. The average Bonchev–Trinajstić information content (AvgIpc) is 3.42. The highest BCUT2D eigenvalue weighted by atomic mass is 32.2. The molecule has 2 saturated carbocycles. The number of amides is 1. The van der Waals surface area contributed by atoms with Crippen LogP contribution in [0.15, 0.2) is 23.4 Å². The molecule has 7 nitrogen and oxygen atoms in total. The number of benzene rings is 1. The van der Waals surface area contributed by atoms with Crippen molar-refractivity contribution in [1.82, 2.24) is 20.5 Å². The molecule has 2 N–H and O–H groups in total. The van der Waals surface area contributed by atoms with Crippen molar-refractivity contribution in [2.24, 2.45) is 11.8 Å². The summed E-state index contributed by atoms with van der Waals surface area (Å²) in [6, 6.07) is 5.89. The number of carbonyl (C=O) groups excluding carboxylic acids is 1. The van der Waals surface area contributed by atoms with E-state index in [2.05, 4.69) is 20.5 Å². The van der Waals surface area contributed by atoms with E-state index in [0.29, 0.717) is 40.2 Å². The van der Waals surface area contributed by atoms with E-state index < -0.39 is 0 Å². The normalized spacial score (nSPS) is 23.4. The molecule has 0 saturated heterocycles. The number of methoxy groups -OCH3 is 2. The van der Waals surface area contributed by atoms with Crippen LogP contribution >= 0.6 is 11.8 Å². The maximum absolute atomic E-state index is 12.3. The van der Waals surface area contributed by atoms with Crippen molar-refractivity contribution in [3.63, 3.8) is 0 Å². The Labute approximate surface area is 162 Å². The fourth-order valence-corrected chi connectivity index (χ4v) is 4.79. The molecule has 3 atom stereocenters. The van der Waals surface area contributed by atoms with Gasteiger partial charge in [0.2, 0.25) is 11.1 Å². The number of nitrogens with one attached hydrogen (secondary N) is 2. The van der Waals surface area contributed by atoms with Gasteiger partial charge in [-0.1, -0.05) is 18.2 Å². The van der Waals surface area contributed by atoms with Gasteiger partial charge in [-0.2, -0.15) is 0 Å². The average molecular weight is 388 g/mol. The van der Waals surface area contributed by atoms with Crippen molar-refractivity contribution in [2.45, 2.75) is 36.9 Å². The lowest BCUT2D eigenvalue weighted by atomic mass is 9.95. The second-order valence-electron chi connectivity index (χ2n) is 7.21. The Morgan fingerprint density at radius 2 is 2.00 bits per heavy atom. The number of rotatable bonds is 7. The molecule has 0 radical (unpaired) electrons. The first kappa shape index (κ1) is 18.2. The lowest BCUT2D eigenvalue weighted by molar-refractivity contribution is -0.119. The lowest BCUT2D eigenvalue weighted by Gasteiger charge is -2.22. The largest absolute Gasteiger partial charge is 0.497 e. The van der Waals surface area contributed by atoms with Crippen LogP contribution in [0, 0.1) is 11.8 Å². The minimum absolute atomic E-state index is 0.0620. The highest BCUT2D eigenvalue weighted by Gasteiger charge is 2.40. The van der Waals surface area contributed by atoms with Crippen molar-refractivity contribution in [3.8, 4) is 22.9 Å². The van der Waals surface area contributed by atoms with Gasteiger partial charge in [0.25, 0.3) is 0 Å². The molecule has 0 unspecified atom stereocenters. The van der Waals surface area contributed by atoms with E-state index >= 15 is 0 Å². The molecule has 1 amide bonds. The molecule has 2 aromatic rings. The summed E-state index contributed by atoms with van der Waals surface area (Å²) < 4.78 is 10.6. The van der Waals surface area contributed by atoms with Crippen LogP contribution in [-0.2, 0) is 4.79 Å². The molecule has 144 valence electrons. The van der Waals surface area contributed by atoms with Gasteiger partial charge in [-0.15, -0.1) is 5.10 Å². The van der Waals surface area contributed by atoms with Crippen LogP contribution in [0.4, 0.5) is 0 Å². The topological polar surface area (TPSA) is 89.1 Å². The second kappa shape index (κ2) is 7.80. The zero-order valence-corrected chi connectivity index (χ0v) is 16.3. The summed E-state index contributed by atoms with van der Waals surface area (Å²) in [6.45, 7) is 0. The quantitative estimate of drug-likeness (QED) is 0.709. The fourth-order valence-electron chi connectivity index (χ4n) is 4.18. The van der Waals surface area contributed by atoms with Crippen molar-refractivity contribution in [1.29, 1.82) is 0 Å². The number of aromatic nitrogens is 3. The molecule has 2 aliphatic rings. The number of ether oxygens (including phenoxy) is 2. The van der Waals surface area contributed by atoms with Crippen LogP contribution in [0.2, 0.25) is 0 Å². The van der Waals surface area contributed by atoms with Crippen molar-refractivity contribution in [3.05, 3.63) is 18.2 Å². The van der Waals surface area contributed by atoms with Gasteiger partial charge in [0.1, 0.15) is 11.5 Å². The SMILES string of the molecule is COc1cc(OC)cc(-c2nc(SCC(=O)N[C@H]3C[C@@H]4CC[C@@H]3C4)n[nH]2)c1. The minimum atomic E-state index is 0.0620. The van der Waals surface area contributed by atoms with Gasteiger partial charge in [-0.05, 0) is 43.2 Å². The van der Waals surface area contributed by atoms with E-state index in [-0.39, 0.29) is 5.91 Å². The smallest absolute Gasteiger partial charge is 0.230 e. The first-order valence-electron chi connectivity index (χ1n) is 9.22. The van der Waals surface area contributed by atoms with Crippen LogP contribution < -0.4 is 14.8 Å². The number of hydrogen-bond donors (Lipinski definition) is 2. The molecule has 1 aromatic carbocycles. The van der Waals surface area contributed by atoms with Crippen LogP contribution in [0.5, 0.6) is 11.5 Å². The standard InChI is InChI=1S/C19H24N4O3S/c1-25-14-7-13(8-15(9-14)26-2)18-21-19(23-22-18)27-10-17(24)20-16-6-11-3-4-12(16)5-11/h7-9,11-12,16H,3-6,10H2,1-2H3,(H,20,24)(H,21,22,23)/t11-,12-,16+/m1/s1. The van der Waals surface area contributed by atoms with Crippen LogP contribution in [0.25, 0.3) is 11.4 Å². The van der Waals surface area contributed by atoms with E-state index in [9.17, 15) is 4.79 Å². The van der Waals surface area contributed by atoms with Gasteiger partial charge in [0, 0.05) is 17.7 Å². The first-order valence-corrected chi connectivity index (χ1v) is 10.2. The Balaban J connectivity index is 1.35. The summed E-state index contributed by atoms with van der Waals surface area (Å²) in [5, 5.41) is 10.9. The van der Waals surface area contributed by atoms with Crippen LogP contribution in [0.3, 0.4) is 0 Å². The molecule has 2 aliphatic carbocycles. The van der Waals surface area contributed by atoms with E-state index in [4.69, 9.17) is 9.47 Å². The summed E-state index contributed by atoms with van der Waals surface area (Å²) in [5.41, 5.74) is 0.817. The Morgan fingerprint density at radius 3 is 2.63 bits per heavy atom. The second-order valence-corrected chi connectivity index (χ2v) is 8.15. The number of hydrogen-bond acceptors (Lipinski definition) is 6. The Kier molecular flexibility index (Phi) is 5.24. The van der Waals surface area contributed by atoms with Crippen molar-refractivity contribution >= 4 is 17.7 Å². The fraction of sp³-hybridized carbons (Fsp3) is 0.526. The molecule has 1 heterocycles. The van der Waals surface area contributed by atoms with E-state index in [1.54, 1.807) is 20.3 Å². The zero-order valence-electron chi connectivity index (χ0n) is 15.5. The van der Waals surface area contributed by atoms with Crippen molar-refractivity contribution in [2.75, 3.05) is 20.0 Å². The van der Waals surface area contributed by atoms with Crippen LogP contribution in [-0.4, -0.2) is 47.1 Å². The molecule has 0 aliphatic heterocycles. The monoisotopic (exact) mass is 388 g/mol. The summed E-state index contributed by atoms with van der Waals surface area (Å²) in [4.78, 5) is 16.7. The molecule has 8 heteroatoms. The summed E-state index contributed by atoms with van der Waals surface area (Å²) in [7, 11) is 3.21. The molecule has 2 fully saturated rings. The Morgan fingerprint density at radius 1 is 1.22 bits per heavy atom. The molecule has 1 aromatic heterocycles. The van der Waals surface area contributed by atoms with E-state index in [1.807, 2.05) is 12.1 Å². The Bertz CT molecular complexity index is 803. The van der Waals surface area contributed by atoms with Gasteiger partial charge in [0.15, 0.2) is 5.82 Å². The number of carbonyl (C=O) groups is 1. The molecule has 2 bridgehead atoms. The highest BCUT2D eigenvalue weighted by Crippen LogP contribution is 2.44. The molecular weight excluding hydrogens is 364 g/mol. The predicted molar refractivity (Wildman–Crippen MR) is 103 cm³/mol. The van der Waals surface area contributed by atoms with Gasteiger partial charge >= 0.3 is 0 Å². The third-order valence-electron chi connectivity index (χ3n) is 5.51. The third kappa shape index (κ3) is 4.05. The predicted octanol–water partition coefficient (Wildman–Crippen LogP) is 2.89. The lowest BCUT2D eigenvalue weighted by Crippen LogP contribution is -2.39. The maximum Gasteiger partial charge on any atom is 0.230 e. The number of thioether (sulfide) groups is 1. The third-order valence-corrected chi connectivity index (χ3v) is 6.35. The van der Waals surface area contributed by atoms with Gasteiger partial charge in [-0.3, -0.25) is 9.89 Å². The zero-order chi connectivity index (χ0) is 18.8. The van der Waals surface area contributed by atoms with Gasteiger partial charge in [0.05, 0.1) is 20.0 Å². The summed E-state index contributed by atoms with van der Waals surface area (Å²) >= 11 is 1.34. The highest BCUT2D eigenvalue weighted by molar-refractivity contribution is 7.99. The van der Waals surface area contributed by atoms with Gasteiger partial charge in [-0.25, -0.2) is 4.98 Å². The molecule has 4 rings (SSSR count).